The zero-order valence-corrected chi connectivity index (χ0v) is 17.9. The number of pyridine rings is 1. The highest BCUT2D eigenvalue weighted by atomic mass is 32.2. The molecule has 0 fully saturated rings. The van der Waals surface area contributed by atoms with Gasteiger partial charge in [0.05, 0.1) is 26.9 Å². The van der Waals surface area contributed by atoms with E-state index in [4.69, 9.17) is 9.40 Å². The summed E-state index contributed by atoms with van der Waals surface area (Å²) in [7, 11) is 0. The minimum absolute atomic E-state index is 0.0769. The fourth-order valence-corrected chi connectivity index (χ4v) is 4.72. The van der Waals surface area contributed by atoms with Gasteiger partial charge in [0, 0.05) is 5.56 Å². The van der Waals surface area contributed by atoms with Gasteiger partial charge in [0.1, 0.15) is 6.07 Å². The van der Waals surface area contributed by atoms with Crippen molar-refractivity contribution in [1.82, 2.24) is 19.6 Å². The van der Waals surface area contributed by atoms with E-state index in [2.05, 4.69) is 33.7 Å². The number of imidazole rings is 1. The van der Waals surface area contributed by atoms with Crippen LogP contribution in [0.1, 0.15) is 36.1 Å². The van der Waals surface area contributed by atoms with Gasteiger partial charge in [0.2, 0.25) is 11.8 Å². The van der Waals surface area contributed by atoms with Gasteiger partial charge in [-0.1, -0.05) is 49.0 Å². The van der Waals surface area contributed by atoms with Crippen LogP contribution in [0.25, 0.3) is 28.1 Å². The molecule has 152 valence electrons. The predicted molar refractivity (Wildman–Crippen MR) is 121 cm³/mol. The molecule has 3 heterocycles. The Morgan fingerprint density at radius 3 is 2.65 bits per heavy atom. The van der Waals surface area contributed by atoms with E-state index in [-0.39, 0.29) is 5.25 Å². The SMILES string of the molecule is CCc1cc(SC(C)c2nnc(-c3ccccc3)o2)n2c(nc3ccccc32)c1C#N. The summed E-state index contributed by atoms with van der Waals surface area (Å²) in [5.41, 5.74) is 5.03. The Balaban J connectivity index is 1.59. The van der Waals surface area contributed by atoms with E-state index in [0.717, 1.165) is 33.6 Å². The zero-order chi connectivity index (χ0) is 21.4. The minimum Gasteiger partial charge on any atom is -0.419 e. The quantitative estimate of drug-likeness (QED) is 0.330. The number of hydrogen-bond acceptors (Lipinski definition) is 6. The topological polar surface area (TPSA) is 80.0 Å². The van der Waals surface area contributed by atoms with Crippen molar-refractivity contribution in [3.63, 3.8) is 0 Å². The van der Waals surface area contributed by atoms with Gasteiger partial charge >= 0.3 is 0 Å². The lowest BCUT2D eigenvalue weighted by Gasteiger charge is -2.13. The lowest BCUT2D eigenvalue weighted by atomic mass is 10.1. The molecule has 0 saturated carbocycles. The van der Waals surface area contributed by atoms with Crippen molar-refractivity contribution in [3.8, 4) is 17.5 Å². The second-order valence-electron chi connectivity index (χ2n) is 7.18. The van der Waals surface area contributed by atoms with Gasteiger partial charge in [0.25, 0.3) is 0 Å². The molecule has 0 N–H and O–H groups in total. The number of rotatable bonds is 5. The average molecular weight is 426 g/mol. The highest BCUT2D eigenvalue weighted by molar-refractivity contribution is 7.99. The molecule has 1 unspecified atom stereocenters. The zero-order valence-electron chi connectivity index (χ0n) is 17.1. The summed E-state index contributed by atoms with van der Waals surface area (Å²) in [6.45, 7) is 4.10. The van der Waals surface area contributed by atoms with Gasteiger partial charge in [-0.15, -0.1) is 10.2 Å². The van der Waals surface area contributed by atoms with Gasteiger partial charge in [-0.25, -0.2) is 4.98 Å². The number of nitriles is 1. The average Bonchev–Trinajstić information content (AvgIpc) is 3.45. The van der Waals surface area contributed by atoms with Crippen molar-refractivity contribution < 1.29 is 4.42 Å². The Labute approximate surface area is 183 Å². The molecule has 0 aliphatic heterocycles. The fourth-order valence-electron chi connectivity index (χ4n) is 3.66. The Morgan fingerprint density at radius 2 is 1.87 bits per heavy atom. The van der Waals surface area contributed by atoms with Crippen LogP contribution in [0.5, 0.6) is 0 Å². The fraction of sp³-hybridized carbons (Fsp3) is 0.167. The number of nitrogens with zero attached hydrogens (tertiary/aromatic N) is 5. The lowest BCUT2D eigenvalue weighted by Crippen LogP contribution is -2.00. The van der Waals surface area contributed by atoms with E-state index < -0.39 is 0 Å². The molecular formula is C24H19N5OS. The summed E-state index contributed by atoms with van der Waals surface area (Å²) in [6, 6.07) is 22.1. The predicted octanol–water partition coefficient (Wildman–Crippen LogP) is 5.82. The van der Waals surface area contributed by atoms with E-state index in [1.165, 1.54) is 0 Å². The number of fused-ring (bicyclic) bond motifs is 3. The molecule has 0 radical (unpaired) electrons. The highest BCUT2D eigenvalue weighted by Crippen LogP contribution is 2.38. The van der Waals surface area contributed by atoms with Crippen LogP contribution in [-0.2, 0) is 6.42 Å². The first kappa shape index (κ1) is 19.3. The first-order chi connectivity index (χ1) is 15.2. The van der Waals surface area contributed by atoms with E-state index in [0.29, 0.717) is 23.0 Å². The number of thioether (sulfide) groups is 1. The van der Waals surface area contributed by atoms with Crippen LogP contribution in [0, 0.1) is 11.3 Å². The Hall–Kier alpha value is -3.63. The van der Waals surface area contributed by atoms with Crippen LogP contribution in [0.15, 0.2) is 70.1 Å². The molecule has 5 aromatic rings. The first-order valence-electron chi connectivity index (χ1n) is 10.1. The summed E-state index contributed by atoms with van der Waals surface area (Å²) < 4.78 is 8.02. The van der Waals surface area contributed by atoms with Crippen LogP contribution < -0.4 is 0 Å². The van der Waals surface area contributed by atoms with Crippen LogP contribution in [-0.4, -0.2) is 19.6 Å². The smallest absolute Gasteiger partial charge is 0.247 e. The van der Waals surface area contributed by atoms with E-state index in [1.807, 2.05) is 61.5 Å². The largest absolute Gasteiger partial charge is 0.419 e. The lowest BCUT2D eigenvalue weighted by molar-refractivity contribution is 0.509. The van der Waals surface area contributed by atoms with Crippen molar-refractivity contribution in [2.24, 2.45) is 0 Å². The molecular weight excluding hydrogens is 406 g/mol. The second-order valence-corrected chi connectivity index (χ2v) is 8.54. The van der Waals surface area contributed by atoms with E-state index >= 15 is 0 Å². The van der Waals surface area contributed by atoms with E-state index in [9.17, 15) is 5.26 Å². The third-order valence-corrected chi connectivity index (χ3v) is 6.32. The van der Waals surface area contributed by atoms with Crippen molar-refractivity contribution in [3.05, 3.63) is 77.7 Å². The summed E-state index contributed by atoms with van der Waals surface area (Å²) in [5.74, 6) is 1.07. The van der Waals surface area contributed by atoms with Gasteiger partial charge in [-0.05, 0) is 49.2 Å². The number of hydrogen-bond donors (Lipinski definition) is 0. The minimum atomic E-state index is -0.0769. The third-order valence-electron chi connectivity index (χ3n) is 5.22. The van der Waals surface area contributed by atoms with Gasteiger partial charge < -0.3 is 4.42 Å². The molecule has 31 heavy (non-hydrogen) atoms. The van der Waals surface area contributed by atoms with Gasteiger partial charge in [-0.2, -0.15) is 5.26 Å². The molecule has 0 amide bonds. The molecule has 0 bridgehead atoms. The van der Waals surface area contributed by atoms with Crippen molar-refractivity contribution >= 4 is 28.4 Å². The molecule has 0 spiro atoms. The molecule has 7 heteroatoms. The Morgan fingerprint density at radius 1 is 1.10 bits per heavy atom. The van der Waals surface area contributed by atoms with Crippen molar-refractivity contribution in [1.29, 1.82) is 5.26 Å². The number of para-hydroxylation sites is 2. The monoisotopic (exact) mass is 425 g/mol. The third kappa shape index (κ3) is 3.35. The van der Waals surface area contributed by atoms with Gasteiger partial charge in [-0.3, -0.25) is 4.40 Å². The van der Waals surface area contributed by atoms with Crippen LogP contribution in [0.4, 0.5) is 0 Å². The van der Waals surface area contributed by atoms with Crippen molar-refractivity contribution in [2.75, 3.05) is 0 Å². The molecule has 6 nitrogen and oxygen atoms in total. The standard InChI is InChI=1S/C24H19N5OS/c1-3-16-13-21(29-20-12-8-7-11-19(20)26-22(29)18(16)14-25)31-15(2)23-27-28-24(30-23)17-9-5-4-6-10-17/h4-13,15H,3H2,1-2H3. The maximum atomic E-state index is 9.79. The Kier molecular flexibility index (Phi) is 4.92. The van der Waals surface area contributed by atoms with E-state index in [1.54, 1.807) is 11.8 Å². The summed E-state index contributed by atoms with van der Waals surface area (Å²) >= 11 is 1.62. The number of benzene rings is 2. The second kappa shape index (κ2) is 7.89. The summed E-state index contributed by atoms with van der Waals surface area (Å²) in [5, 5.41) is 19.2. The van der Waals surface area contributed by atoms with Crippen molar-refractivity contribution in [2.45, 2.75) is 30.5 Å². The molecule has 0 aliphatic carbocycles. The normalized spacial score (nSPS) is 12.3. The molecule has 0 aliphatic rings. The van der Waals surface area contributed by atoms with Crippen LogP contribution in [0.2, 0.25) is 0 Å². The molecule has 1 atom stereocenters. The van der Waals surface area contributed by atoms with Gasteiger partial charge in [0.15, 0.2) is 5.65 Å². The molecule has 5 rings (SSSR count). The Bertz CT molecular complexity index is 1430. The van der Waals surface area contributed by atoms with Crippen LogP contribution in [0.3, 0.4) is 0 Å². The van der Waals surface area contributed by atoms with Crippen LogP contribution >= 0.6 is 11.8 Å². The molecule has 3 aromatic heterocycles. The molecule has 0 saturated heterocycles. The number of aromatic nitrogens is 4. The maximum Gasteiger partial charge on any atom is 0.247 e. The highest BCUT2D eigenvalue weighted by Gasteiger charge is 2.21. The maximum absolute atomic E-state index is 9.79. The first-order valence-corrected chi connectivity index (χ1v) is 11.0. The summed E-state index contributed by atoms with van der Waals surface area (Å²) in [4.78, 5) is 4.75. The summed E-state index contributed by atoms with van der Waals surface area (Å²) in [6.07, 6.45) is 0.753. The number of aryl methyl sites for hydroxylation is 1. The molecule has 2 aromatic carbocycles.